The summed E-state index contributed by atoms with van der Waals surface area (Å²) >= 11 is 0. The fourth-order valence-electron chi connectivity index (χ4n) is 2.91. The van der Waals surface area contributed by atoms with Crippen LogP contribution >= 0.6 is 0 Å². The van der Waals surface area contributed by atoms with Gasteiger partial charge in [-0.15, -0.1) is 0 Å². The molecule has 1 aliphatic rings. The highest BCUT2D eigenvalue weighted by atomic mass is 16.2. The Kier molecular flexibility index (Phi) is 3.74. The quantitative estimate of drug-likeness (QED) is 0.892. The molecule has 1 aromatic carbocycles. The molecule has 3 rings (SSSR count). The van der Waals surface area contributed by atoms with Crippen molar-refractivity contribution in [3.05, 3.63) is 35.5 Å². The van der Waals surface area contributed by atoms with Gasteiger partial charge in [-0.25, -0.2) is 0 Å². The van der Waals surface area contributed by atoms with E-state index in [0.717, 1.165) is 38.2 Å². The van der Waals surface area contributed by atoms with Gasteiger partial charge in [0.15, 0.2) is 0 Å². The molecule has 0 aliphatic carbocycles. The van der Waals surface area contributed by atoms with Crippen molar-refractivity contribution < 1.29 is 4.79 Å². The molecule has 1 fully saturated rings. The maximum absolute atomic E-state index is 12.3. The van der Waals surface area contributed by atoms with Crippen LogP contribution in [-0.4, -0.2) is 42.0 Å². The Bertz CT molecular complexity index is 611. The van der Waals surface area contributed by atoms with Gasteiger partial charge in [0.05, 0.1) is 6.42 Å². The van der Waals surface area contributed by atoms with Crippen molar-refractivity contribution in [2.75, 3.05) is 26.2 Å². The molecule has 1 amide bonds. The van der Waals surface area contributed by atoms with Gasteiger partial charge in [0.2, 0.25) is 5.91 Å². The third kappa shape index (κ3) is 2.43. The number of nitrogens with zero attached hydrogens (tertiary/aromatic N) is 1. The minimum atomic E-state index is 0.231. The summed E-state index contributed by atoms with van der Waals surface area (Å²) in [5.41, 5.74) is 3.60. The molecule has 1 saturated heterocycles. The van der Waals surface area contributed by atoms with Crippen molar-refractivity contribution >= 4 is 16.8 Å². The van der Waals surface area contributed by atoms with E-state index in [2.05, 4.69) is 35.4 Å². The van der Waals surface area contributed by atoms with E-state index in [4.69, 9.17) is 0 Å². The minimum Gasteiger partial charge on any atom is -0.361 e. The number of carbonyl (C=O) groups is 1. The number of carbonyl (C=O) groups excluding carboxylic acids is 1. The molecule has 4 heteroatoms. The lowest BCUT2D eigenvalue weighted by Crippen LogP contribution is -2.46. The second-order valence-electron chi connectivity index (χ2n) is 5.31. The molecule has 2 N–H and O–H groups in total. The molecule has 0 saturated carbocycles. The second-order valence-corrected chi connectivity index (χ2v) is 5.31. The molecule has 1 aromatic heterocycles. The fourth-order valence-corrected chi connectivity index (χ4v) is 2.91. The first-order valence-electron chi connectivity index (χ1n) is 7.36. The highest BCUT2D eigenvalue weighted by Gasteiger charge is 2.18. The lowest BCUT2D eigenvalue weighted by atomic mass is 10.1. The van der Waals surface area contributed by atoms with E-state index in [9.17, 15) is 4.79 Å². The standard InChI is InChI=1S/C16H21N3O/c1-2-12-4-3-5-14-13(11-18-16(12)14)10-15(20)19-8-6-17-7-9-19/h3-5,11,17-18H,2,6-10H2,1H3. The van der Waals surface area contributed by atoms with Gasteiger partial charge >= 0.3 is 0 Å². The van der Waals surface area contributed by atoms with Gasteiger partial charge in [0.25, 0.3) is 0 Å². The molecular weight excluding hydrogens is 250 g/mol. The number of aromatic amines is 1. The van der Waals surface area contributed by atoms with E-state index in [1.54, 1.807) is 0 Å². The van der Waals surface area contributed by atoms with Crippen LogP contribution in [0, 0.1) is 0 Å². The summed E-state index contributed by atoms with van der Waals surface area (Å²) in [4.78, 5) is 17.6. The average molecular weight is 271 g/mol. The van der Waals surface area contributed by atoms with E-state index < -0.39 is 0 Å². The lowest BCUT2D eigenvalue weighted by molar-refractivity contribution is -0.131. The van der Waals surface area contributed by atoms with E-state index in [1.807, 2.05) is 11.1 Å². The van der Waals surface area contributed by atoms with Crippen LogP contribution in [-0.2, 0) is 17.6 Å². The van der Waals surface area contributed by atoms with Crippen LogP contribution in [0.15, 0.2) is 24.4 Å². The smallest absolute Gasteiger partial charge is 0.227 e. The Labute approximate surface area is 119 Å². The zero-order valence-electron chi connectivity index (χ0n) is 11.9. The summed E-state index contributed by atoms with van der Waals surface area (Å²) in [7, 11) is 0. The topological polar surface area (TPSA) is 48.1 Å². The summed E-state index contributed by atoms with van der Waals surface area (Å²) in [6.45, 7) is 5.60. The van der Waals surface area contributed by atoms with Crippen LogP contribution in [0.1, 0.15) is 18.1 Å². The summed E-state index contributed by atoms with van der Waals surface area (Å²) in [6.07, 6.45) is 3.49. The molecule has 0 atom stereocenters. The lowest BCUT2D eigenvalue weighted by Gasteiger charge is -2.27. The van der Waals surface area contributed by atoms with E-state index in [0.29, 0.717) is 6.42 Å². The molecular formula is C16H21N3O. The fraction of sp³-hybridized carbons (Fsp3) is 0.438. The Balaban J connectivity index is 1.82. The number of aryl methyl sites for hydroxylation is 1. The summed E-state index contributed by atoms with van der Waals surface area (Å²) in [6, 6.07) is 6.32. The summed E-state index contributed by atoms with van der Waals surface area (Å²) in [5.74, 6) is 0.231. The number of fused-ring (bicyclic) bond motifs is 1. The van der Waals surface area contributed by atoms with Gasteiger partial charge < -0.3 is 15.2 Å². The zero-order valence-corrected chi connectivity index (χ0v) is 11.9. The number of aromatic nitrogens is 1. The Morgan fingerprint density at radius 2 is 2.05 bits per heavy atom. The molecule has 2 heterocycles. The number of nitrogens with one attached hydrogen (secondary N) is 2. The summed E-state index contributed by atoms with van der Waals surface area (Å²) in [5, 5.41) is 4.46. The van der Waals surface area contributed by atoms with Gasteiger partial charge in [-0.3, -0.25) is 4.79 Å². The van der Waals surface area contributed by atoms with Gasteiger partial charge in [0, 0.05) is 43.3 Å². The van der Waals surface area contributed by atoms with Crippen molar-refractivity contribution in [1.82, 2.24) is 15.2 Å². The third-order valence-corrected chi connectivity index (χ3v) is 4.08. The highest BCUT2D eigenvalue weighted by molar-refractivity contribution is 5.90. The van der Waals surface area contributed by atoms with Gasteiger partial charge in [0.1, 0.15) is 0 Å². The minimum absolute atomic E-state index is 0.231. The van der Waals surface area contributed by atoms with E-state index in [1.165, 1.54) is 16.5 Å². The molecule has 2 aromatic rings. The van der Waals surface area contributed by atoms with Crippen LogP contribution in [0.25, 0.3) is 10.9 Å². The first-order chi connectivity index (χ1) is 9.79. The van der Waals surface area contributed by atoms with Crippen LogP contribution in [0.2, 0.25) is 0 Å². The third-order valence-electron chi connectivity index (χ3n) is 4.08. The number of rotatable bonds is 3. The monoisotopic (exact) mass is 271 g/mol. The van der Waals surface area contributed by atoms with Gasteiger partial charge in [-0.1, -0.05) is 25.1 Å². The van der Waals surface area contributed by atoms with Gasteiger partial charge in [-0.2, -0.15) is 0 Å². The number of hydrogen-bond acceptors (Lipinski definition) is 2. The predicted molar refractivity (Wildman–Crippen MR) is 80.8 cm³/mol. The van der Waals surface area contributed by atoms with Crippen molar-refractivity contribution in [1.29, 1.82) is 0 Å². The summed E-state index contributed by atoms with van der Waals surface area (Å²) < 4.78 is 0. The molecule has 0 spiro atoms. The molecule has 0 radical (unpaired) electrons. The number of H-pyrrole nitrogens is 1. The van der Waals surface area contributed by atoms with Crippen molar-refractivity contribution in [3.8, 4) is 0 Å². The second kappa shape index (κ2) is 5.67. The Morgan fingerprint density at radius 1 is 1.25 bits per heavy atom. The molecule has 106 valence electrons. The number of amides is 1. The number of piperazine rings is 1. The van der Waals surface area contributed by atoms with Crippen molar-refractivity contribution in [2.45, 2.75) is 19.8 Å². The Hall–Kier alpha value is -1.81. The van der Waals surface area contributed by atoms with Crippen molar-refractivity contribution in [2.24, 2.45) is 0 Å². The van der Waals surface area contributed by atoms with Crippen molar-refractivity contribution in [3.63, 3.8) is 0 Å². The van der Waals surface area contributed by atoms with Crippen LogP contribution < -0.4 is 5.32 Å². The first kappa shape index (κ1) is 13.2. The van der Waals surface area contributed by atoms with E-state index >= 15 is 0 Å². The maximum atomic E-state index is 12.3. The molecule has 20 heavy (non-hydrogen) atoms. The number of hydrogen-bond donors (Lipinski definition) is 2. The van der Waals surface area contributed by atoms with E-state index in [-0.39, 0.29) is 5.91 Å². The van der Waals surface area contributed by atoms with Gasteiger partial charge in [-0.05, 0) is 17.5 Å². The van der Waals surface area contributed by atoms with Crippen LogP contribution in [0.5, 0.6) is 0 Å². The number of benzene rings is 1. The van der Waals surface area contributed by atoms with Crippen LogP contribution in [0.3, 0.4) is 0 Å². The largest absolute Gasteiger partial charge is 0.361 e. The molecule has 0 unspecified atom stereocenters. The predicted octanol–water partition coefficient (Wildman–Crippen LogP) is 1.70. The highest BCUT2D eigenvalue weighted by Crippen LogP contribution is 2.23. The number of para-hydroxylation sites is 1. The van der Waals surface area contributed by atoms with Crippen LogP contribution in [0.4, 0.5) is 0 Å². The molecule has 0 bridgehead atoms. The SMILES string of the molecule is CCc1cccc2c(CC(=O)N3CCNCC3)c[nH]c12. The Morgan fingerprint density at radius 3 is 2.80 bits per heavy atom. The normalized spacial score (nSPS) is 15.8. The molecule has 1 aliphatic heterocycles. The molecule has 4 nitrogen and oxygen atoms in total. The zero-order chi connectivity index (χ0) is 13.9. The average Bonchev–Trinajstić information content (AvgIpc) is 2.91. The first-order valence-corrected chi connectivity index (χ1v) is 7.36. The maximum Gasteiger partial charge on any atom is 0.227 e.